The minimum Gasteiger partial charge on any atom is -0.464 e. The minimum atomic E-state index is -0.173. The van der Waals surface area contributed by atoms with E-state index in [-0.39, 0.29) is 5.97 Å². The molecule has 7 nitrogen and oxygen atoms in total. The van der Waals surface area contributed by atoms with Gasteiger partial charge in [0.1, 0.15) is 12.1 Å². The molecule has 0 bridgehead atoms. The van der Waals surface area contributed by atoms with Crippen molar-refractivity contribution in [2.24, 2.45) is 10.2 Å². The maximum absolute atomic E-state index is 11.2. The van der Waals surface area contributed by atoms with Gasteiger partial charge in [0.25, 0.3) is 5.13 Å². The number of nitrogens with zero attached hydrogens (tertiary/aromatic N) is 5. The third kappa shape index (κ3) is 5.41. The summed E-state index contributed by atoms with van der Waals surface area (Å²) < 4.78 is 5.12. The van der Waals surface area contributed by atoms with Crippen LogP contribution in [0.15, 0.2) is 40.0 Å². The van der Waals surface area contributed by atoms with Crippen molar-refractivity contribution in [3.8, 4) is 0 Å². The van der Waals surface area contributed by atoms with Crippen molar-refractivity contribution in [2.45, 2.75) is 20.3 Å². The van der Waals surface area contributed by atoms with E-state index in [9.17, 15) is 4.79 Å². The smallest absolute Gasteiger partial charge is 0.305 e. The van der Waals surface area contributed by atoms with Crippen LogP contribution < -0.4 is 4.90 Å². The standard InChI is InChI=1S/C15H19N5O2S/c1-3-14(21)22-10-9-20(4-2)13-7-5-12(6-8-13)17-19-15-18-16-11-23-15/h5-8,11H,3-4,9-10H2,1-2H3. The van der Waals surface area contributed by atoms with E-state index >= 15 is 0 Å². The number of benzene rings is 1. The molecule has 122 valence electrons. The van der Waals surface area contributed by atoms with E-state index in [1.165, 1.54) is 11.3 Å². The molecule has 0 saturated carbocycles. The second-order valence-electron chi connectivity index (χ2n) is 4.59. The Labute approximate surface area is 139 Å². The van der Waals surface area contributed by atoms with Gasteiger partial charge in [-0.2, -0.15) is 0 Å². The molecule has 1 heterocycles. The maximum Gasteiger partial charge on any atom is 0.305 e. The first-order valence-corrected chi connectivity index (χ1v) is 8.29. The van der Waals surface area contributed by atoms with Gasteiger partial charge < -0.3 is 9.64 Å². The number of rotatable bonds is 8. The van der Waals surface area contributed by atoms with E-state index in [2.05, 4.69) is 32.2 Å². The Bertz CT molecular complexity index is 628. The maximum atomic E-state index is 11.2. The van der Waals surface area contributed by atoms with Crippen molar-refractivity contribution in [1.29, 1.82) is 0 Å². The van der Waals surface area contributed by atoms with E-state index in [4.69, 9.17) is 4.74 Å². The van der Waals surface area contributed by atoms with Crippen LogP contribution in [0.25, 0.3) is 0 Å². The highest BCUT2D eigenvalue weighted by Crippen LogP contribution is 2.22. The van der Waals surface area contributed by atoms with Gasteiger partial charge in [0.15, 0.2) is 0 Å². The van der Waals surface area contributed by atoms with Gasteiger partial charge in [-0.25, -0.2) is 0 Å². The van der Waals surface area contributed by atoms with Crippen molar-refractivity contribution in [2.75, 3.05) is 24.6 Å². The van der Waals surface area contributed by atoms with Crippen LogP contribution in [0.5, 0.6) is 0 Å². The van der Waals surface area contributed by atoms with Crippen molar-refractivity contribution in [1.82, 2.24) is 10.2 Å². The number of hydrogen-bond donors (Lipinski definition) is 0. The van der Waals surface area contributed by atoms with Crippen LogP contribution in [-0.4, -0.2) is 35.9 Å². The van der Waals surface area contributed by atoms with Crippen molar-refractivity contribution >= 4 is 33.8 Å². The Kier molecular flexibility index (Phi) is 6.61. The second-order valence-corrected chi connectivity index (χ2v) is 5.40. The summed E-state index contributed by atoms with van der Waals surface area (Å²) in [6.07, 6.45) is 0.403. The zero-order valence-electron chi connectivity index (χ0n) is 13.2. The lowest BCUT2D eigenvalue weighted by atomic mass is 10.2. The first-order chi connectivity index (χ1) is 11.2. The third-order valence-corrected chi connectivity index (χ3v) is 3.68. The van der Waals surface area contributed by atoms with Crippen LogP contribution in [0.4, 0.5) is 16.5 Å². The number of hydrogen-bond acceptors (Lipinski definition) is 8. The van der Waals surface area contributed by atoms with E-state index in [0.29, 0.717) is 24.7 Å². The number of azo groups is 1. The Morgan fingerprint density at radius 3 is 2.65 bits per heavy atom. The van der Waals surface area contributed by atoms with E-state index in [1.54, 1.807) is 12.4 Å². The highest BCUT2D eigenvalue weighted by Gasteiger charge is 2.06. The predicted molar refractivity (Wildman–Crippen MR) is 89.7 cm³/mol. The molecule has 0 N–H and O–H groups in total. The van der Waals surface area contributed by atoms with Crippen LogP contribution >= 0.6 is 11.3 Å². The molecule has 2 rings (SSSR count). The molecule has 0 aliphatic heterocycles. The summed E-state index contributed by atoms with van der Waals surface area (Å²) in [5.74, 6) is -0.173. The van der Waals surface area contributed by atoms with Gasteiger partial charge in [-0.3, -0.25) is 4.79 Å². The highest BCUT2D eigenvalue weighted by molar-refractivity contribution is 7.13. The van der Waals surface area contributed by atoms with E-state index in [1.807, 2.05) is 24.3 Å². The van der Waals surface area contributed by atoms with Crippen LogP contribution in [-0.2, 0) is 9.53 Å². The van der Waals surface area contributed by atoms with Gasteiger partial charge in [0, 0.05) is 18.7 Å². The molecule has 0 atom stereocenters. The van der Waals surface area contributed by atoms with Gasteiger partial charge in [-0.05, 0) is 31.2 Å². The lowest BCUT2D eigenvalue weighted by Crippen LogP contribution is -2.27. The van der Waals surface area contributed by atoms with Crippen molar-refractivity contribution in [3.05, 3.63) is 29.8 Å². The zero-order valence-corrected chi connectivity index (χ0v) is 14.0. The van der Waals surface area contributed by atoms with Crippen molar-refractivity contribution < 1.29 is 9.53 Å². The summed E-state index contributed by atoms with van der Waals surface area (Å²) in [4.78, 5) is 13.3. The lowest BCUT2D eigenvalue weighted by molar-refractivity contribution is -0.142. The molecule has 0 fully saturated rings. The number of aromatic nitrogens is 2. The Hall–Kier alpha value is -2.35. The zero-order chi connectivity index (χ0) is 16.5. The Morgan fingerprint density at radius 2 is 2.04 bits per heavy atom. The minimum absolute atomic E-state index is 0.173. The van der Waals surface area contributed by atoms with E-state index in [0.717, 1.165) is 17.9 Å². The molecule has 0 radical (unpaired) electrons. The van der Waals surface area contributed by atoms with Crippen molar-refractivity contribution in [3.63, 3.8) is 0 Å². The quantitative estimate of drug-likeness (QED) is 0.543. The molecule has 2 aromatic rings. The van der Waals surface area contributed by atoms with Crippen LogP contribution in [0, 0.1) is 0 Å². The topological polar surface area (TPSA) is 80.0 Å². The number of anilines is 1. The molecule has 0 aliphatic rings. The summed E-state index contributed by atoms with van der Waals surface area (Å²) in [7, 11) is 0. The molecule has 0 amide bonds. The molecule has 0 spiro atoms. The monoisotopic (exact) mass is 333 g/mol. The molecule has 0 unspecified atom stereocenters. The van der Waals surface area contributed by atoms with Crippen LogP contribution in [0.2, 0.25) is 0 Å². The second kappa shape index (κ2) is 8.94. The van der Waals surface area contributed by atoms with Gasteiger partial charge in [-0.15, -0.1) is 20.4 Å². The first kappa shape index (κ1) is 17.0. The normalized spacial score (nSPS) is 10.9. The Morgan fingerprint density at radius 1 is 1.26 bits per heavy atom. The summed E-state index contributed by atoms with van der Waals surface area (Å²) in [5.41, 5.74) is 3.41. The molecular formula is C15H19N5O2S. The van der Waals surface area contributed by atoms with Crippen LogP contribution in [0.1, 0.15) is 20.3 Å². The molecule has 23 heavy (non-hydrogen) atoms. The lowest BCUT2D eigenvalue weighted by Gasteiger charge is -2.22. The average molecular weight is 333 g/mol. The summed E-state index contributed by atoms with van der Waals surface area (Å²) in [6, 6.07) is 7.72. The summed E-state index contributed by atoms with van der Waals surface area (Å²) in [6.45, 7) is 5.72. The fourth-order valence-electron chi connectivity index (χ4n) is 1.88. The Balaban J connectivity index is 1.92. The molecule has 0 saturated heterocycles. The number of carbonyl (C=O) groups excluding carboxylic acids is 1. The predicted octanol–water partition coefficient (Wildman–Crippen LogP) is 3.73. The van der Waals surface area contributed by atoms with Gasteiger partial charge in [0.05, 0.1) is 12.2 Å². The fourth-order valence-corrected chi connectivity index (χ4v) is 2.25. The molecule has 1 aromatic heterocycles. The van der Waals surface area contributed by atoms with Crippen LogP contribution in [0.3, 0.4) is 0 Å². The molecule has 1 aromatic carbocycles. The molecular weight excluding hydrogens is 314 g/mol. The van der Waals surface area contributed by atoms with Gasteiger partial charge >= 0.3 is 5.97 Å². The third-order valence-electron chi connectivity index (χ3n) is 3.11. The van der Waals surface area contributed by atoms with E-state index < -0.39 is 0 Å². The molecule has 0 aliphatic carbocycles. The van der Waals surface area contributed by atoms with Gasteiger partial charge in [-0.1, -0.05) is 18.3 Å². The largest absolute Gasteiger partial charge is 0.464 e. The summed E-state index contributed by atoms with van der Waals surface area (Å²) >= 11 is 1.33. The first-order valence-electron chi connectivity index (χ1n) is 7.41. The number of esters is 1. The summed E-state index contributed by atoms with van der Waals surface area (Å²) in [5, 5.41) is 16.2. The molecule has 8 heteroatoms. The number of carbonyl (C=O) groups is 1. The average Bonchev–Trinajstić information content (AvgIpc) is 3.11. The SMILES string of the molecule is CCC(=O)OCCN(CC)c1ccc(N=Nc2nncs2)cc1. The highest BCUT2D eigenvalue weighted by atomic mass is 32.1. The number of likely N-dealkylation sites (N-methyl/N-ethyl adjacent to an activating group) is 1. The van der Waals surface area contributed by atoms with Gasteiger partial charge in [0.2, 0.25) is 0 Å². The fraction of sp³-hybridized carbons (Fsp3) is 0.400. The number of ether oxygens (including phenoxy) is 1.